The predicted octanol–water partition coefficient (Wildman–Crippen LogP) is 0.286. The molecular formula is C7H11BrN4O2. The van der Waals surface area contributed by atoms with Crippen LogP contribution < -0.4 is 16.0 Å². The lowest BCUT2D eigenvalue weighted by Gasteiger charge is -2.06. The maximum absolute atomic E-state index is 8.56. The summed E-state index contributed by atoms with van der Waals surface area (Å²) >= 11 is 3.23. The Bertz CT molecular complexity index is 297. The zero-order valence-electron chi connectivity index (χ0n) is 7.40. The lowest BCUT2D eigenvalue weighted by molar-refractivity contribution is 0.228. The molecule has 6 nitrogen and oxygen atoms in total. The molecule has 0 atom stereocenters. The Morgan fingerprint density at radius 1 is 1.64 bits per heavy atom. The number of nitrogens with one attached hydrogen (secondary N) is 1. The predicted molar refractivity (Wildman–Crippen MR) is 54.7 cm³/mol. The number of hydrogen-bond donors (Lipinski definition) is 3. The maximum Gasteiger partial charge on any atom is 0.240 e. The minimum Gasteiger partial charge on any atom is -0.477 e. The van der Waals surface area contributed by atoms with Crippen molar-refractivity contribution in [3.8, 4) is 5.88 Å². The first-order valence-electron chi connectivity index (χ1n) is 4.00. The Labute approximate surface area is 89.6 Å². The topological polar surface area (TPSA) is 93.3 Å². The summed E-state index contributed by atoms with van der Waals surface area (Å²) in [5, 5.41) is 8.56. The van der Waals surface area contributed by atoms with Crippen LogP contribution in [-0.2, 0) is 0 Å². The highest BCUT2D eigenvalue weighted by Crippen LogP contribution is 2.22. The van der Waals surface area contributed by atoms with E-state index in [4.69, 9.17) is 15.7 Å². The highest BCUT2D eigenvalue weighted by Gasteiger charge is 2.04. The minimum atomic E-state index is 0.0880. The summed E-state index contributed by atoms with van der Waals surface area (Å²) < 4.78 is 5.91. The van der Waals surface area contributed by atoms with Crippen molar-refractivity contribution in [2.24, 2.45) is 5.84 Å². The van der Waals surface area contributed by atoms with Gasteiger partial charge < -0.3 is 9.84 Å². The molecule has 0 aliphatic heterocycles. The summed E-state index contributed by atoms with van der Waals surface area (Å²) in [5.74, 6) is 5.83. The fraction of sp³-hybridized carbons (Fsp3) is 0.429. The zero-order valence-corrected chi connectivity index (χ0v) is 8.99. The number of aromatic nitrogens is 2. The molecule has 0 saturated heterocycles. The van der Waals surface area contributed by atoms with E-state index in [1.54, 1.807) is 0 Å². The van der Waals surface area contributed by atoms with Gasteiger partial charge in [-0.3, -0.25) is 5.43 Å². The van der Waals surface area contributed by atoms with Gasteiger partial charge in [0.25, 0.3) is 0 Å². The van der Waals surface area contributed by atoms with Crippen molar-refractivity contribution in [1.82, 2.24) is 9.97 Å². The molecule has 1 rings (SSSR count). The van der Waals surface area contributed by atoms with Crippen LogP contribution >= 0.6 is 15.9 Å². The number of aliphatic hydroxyl groups is 1. The van der Waals surface area contributed by atoms with Crippen molar-refractivity contribution in [3.63, 3.8) is 0 Å². The second-order valence-corrected chi connectivity index (χ2v) is 3.27. The molecule has 14 heavy (non-hydrogen) atoms. The van der Waals surface area contributed by atoms with Crippen LogP contribution in [0.2, 0.25) is 0 Å². The molecule has 0 aliphatic rings. The van der Waals surface area contributed by atoms with Gasteiger partial charge in [-0.05, 0) is 15.9 Å². The van der Waals surface area contributed by atoms with Crippen LogP contribution in [0.25, 0.3) is 0 Å². The number of anilines is 1. The summed E-state index contributed by atoms with van der Waals surface area (Å²) in [5.41, 5.74) is 2.31. The van der Waals surface area contributed by atoms with Crippen molar-refractivity contribution in [1.29, 1.82) is 0 Å². The highest BCUT2D eigenvalue weighted by atomic mass is 79.9. The molecular weight excluding hydrogens is 252 g/mol. The summed E-state index contributed by atoms with van der Waals surface area (Å²) in [4.78, 5) is 7.83. The second kappa shape index (κ2) is 5.74. The summed E-state index contributed by atoms with van der Waals surface area (Å²) in [6, 6.07) is 0. The van der Waals surface area contributed by atoms with Crippen molar-refractivity contribution in [2.45, 2.75) is 6.42 Å². The first kappa shape index (κ1) is 11.2. The molecule has 0 amide bonds. The van der Waals surface area contributed by atoms with Gasteiger partial charge in [-0.1, -0.05) is 0 Å². The van der Waals surface area contributed by atoms with Crippen molar-refractivity contribution >= 4 is 21.9 Å². The molecule has 7 heteroatoms. The molecule has 0 aromatic carbocycles. The zero-order chi connectivity index (χ0) is 10.4. The third-order valence-electron chi connectivity index (χ3n) is 1.38. The Hall–Kier alpha value is -0.920. The van der Waals surface area contributed by atoms with Crippen LogP contribution in [-0.4, -0.2) is 28.3 Å². The van der Waals surface area contributed by atoms with E-state index in [1.165, 1.54) is 6.20 Å². The number of halogens is 1. The van der Waals surface area contributed by atoms with Gasteiger partial charge in [-0.25, -0.2) is 10.8 Å². The lowest BCUT2D eigenvalue weighted by Crippen LogP contribution is -2.11. The van der Waals surface area contributed by atoms with Gasteiger partial charge in [0.15, 0.2) is 0 Å². The molecule has 0 spiro atoms. The SMILES string of the molecule is NNc1ncc(Br)c(OCCCO)n1. The molecule has 1 aromatic heterocycles. The van der Waals surface area contributed by atoms with Gasteiger partial charge >= 0.3 is 0 Å². The molecule has 78 valence electrons. The monoisotopic (exact) mass is 262 g/mol. The molecule has 0 aliphatic carbocycles. The standard InChI is InChI=1S/C7H11BrN4O2/c8-5-4-10-7(12-9)11-6(5)14-3-1-2-13/h4,13H,1-3,9H2,(H,10,11,12). The molecule has 0 saturated carbocycles. The smallest absolute Gasteiger partial charge is 0.240 e. The van der Waals surface area contributed by atoms with E-state index in [9.17, 15) is 0 Å². The number of nitrogens with zero attached hydrogens (tertiary/aromatic N) is 2. The molecule has 0 fully saturated rings. The number of hydrogen-bond acceptors (Lipinski definition) is 6. The van der Waals surface area contributed by atoms with Crippen LogP contribution in [0, 0.1) is 0 Å². The van der Waals surface area contributed by atoms with Crippen LogP contribution in [0.5, 0.6) is 5.88 Å². The van der Waals surface area contributed by atoms with Crippen molar-refractivity contribution in [3.05, 3.63) is 10.7 Å². The van der Waals surface area contributed by atoms with E-state index >= 15 is 0 Å². The largest absolute Gasteiger partial charge is 0.477 e. The molecule has 4 N–H and O–H groups in total. The number of hydrazine groups is 1. The van der Waals surface area contributed by atoms with Crippen LogP contribution in [0.15, 0.2) is 10.7 Å². The fourth-order valence-corrected chi connectivity index (χ4v) is 1.06. The second-order valence-electron chi connectivity index (χ2n) is 2.42. The number of nitrogens with two attached hydrogens (primary N) is 1. The summed E-state index contributed by atoms with van der Waals surface area (Å²) in [7, 11) is 0. The van der Waals surface area contributed by atoms with Crippen molar-refractivity contribution < 1.29 is 9.84 Å². The number of rotatable bonds is 5. The maximum atomic E-state index is 8.56. The molecule has 0 radical (unpaired) electrons. The van der Waals surface area contributed by atoms with E-state index in [-0.39, 0.29) is 12.6 Å². The van der Waals surface area contributed by atoms with E-state index in [0.29, 0.717) is 23.4 Å². The van der Waals surface area contributed by atoms with Gasteiger partial charge in [0.2, 0.25) is 11.8 Å². The highest BCUT2D eigenvalue weighted by molar-refractivity contribution is 9.10. The fourth-order valence-electron chi connectivity index (χ4n) is 0.756. The lowest BCUT2D eigenvalue weighted by atomic mass is 10.5. The number of ether oxygens (including phenoxy) is 1. The number of nitrogen functional groups attached to an aromatic ring is 1. The van der Waals surface area contributed by atoms with Gasteiger partial charge in [-0.15, -0.1) is 0 Å². The van der Waals surface area contributed by atoms with Gasteiger partial charge in [-0.2, -0.15) is 4.98 Å². The van der Waals surface area contributed by atoms with E-state index in [1.807, 2.05) is 0 Å². The molecule has 1 heterocycles. The van der Waals surface area contributed by atoms with Crippen molar-refractivity contribution in [2.75, 3.05) is 18.6 Å². The van der Waals surface area contributed by atoms with Crippen LogP contribution in [0.4, 0.5) is 5.95 Å². The first-order valence-corrected chi connectivity index (χ1v) is 4.80. The minimum absolute atomic E-state index is 0.0880. The molecule has 1 aromatic rings. The first-order chi connectivity index (χ1) is 6.77. The third kappa shape index (κ3) is 3.09. The van der Waals surface area contributed by atoms with E-state index < -0.39 is 0 Å². The van der Waals surface area contributed by atoms with Gasteiger partial charge in [0.05, 0.1) is 17.3 Å². The average molecular weight is 263 g/mol. The summed E-state index contributed by atoms with van der Waals surface area (Å²) in [6.07, 6.45) is 2.10. The third-order valence-corrected chi connectivity index (χ3v) is 1.93. The average Bonchev–Trinajstić information content (AvgIpc) is 2.21. The Balaban J connectivity index is 2.64. The normalized spacial score (nSPS) is 9.93. The molecule has 0 bridgehead atoms. The van der Waals surface area contributed by atoms with E-state index in [0.717, 1.165) is 0 Å². The van der Waals surface area contributed by atoms with Crippen LogP contribution in [0.3, 0.4) is 0 Å². The van der Waals surface area contributed by atoms with E-state index in [2.05, 4.69) is 31.3 Å². The number of aliphatic hydroxyl groups excluding tert-OH is 1. The quantitative estimate of drug-likeness (QED) is 0.401. The van der Waals surface area contributed by atoms with Gasteiger partial charge in [0, 0.05) is 13.0 Å². The Kier molecular flexibility index (Phi) is 4.57. The summed E-state index contributed by atoms with van der Waals surface area (Å²) in [6.45, 7) is 0.487. The van der Waals surface area contributed by atoms with Crippen LogP contribution in [0.1, 0.15) is 6.42 Å². The molecule has 0 unspecified atom stereocenters. The Morgan fingerprint density at radius 3 is 3.07 bits per heavy atom. The Morgan fingerprint density at radius 2 is 2.43 bits per heavy atom. The van der Waals surface area contributed by atoms with Gasteiger partial charge in [0.1, 0.15) is 0 Å².